The van der Waals surface area contributed by atoms with Gasteiger partial charge < -0.3 is 0 Å². The molecule has 0 saturated heterocycles. The summed E-state index contributed by atoms with van der Waals surface area (Å²) in [6, 6.07) is 0. The minimum Gasteiger partial charge on any atom is -0.0620 e. The van der Waals surface area contributed by atoms with E-state index in [2.05, 4.69) is 74.6 Å². The standard InChI is InChI=1S/C18H16/c1-17-13-7-3-4-8-14(17)12-16-10-6-5-9-15(11-13)18(16,17)2/h3-12H,1-2H3. The predicted octanol–water partition coefficient (Wildman–Crippen LogP) is 4.43. The Balaban J connectivity index is 2.14. The van der Waals surface area contributed by atoms with E-state index >= 15 is 0 Å². The molecule has 0 aliphatic heterocycles. The van der Waals surface area contributed by atoms with E-state index in [1.807, 2.05) is 0 Å². The van der Waals surface area contributed by atoms with Gasteiger partial charge in [-0.3, -0.25) is 0 Å². The molecule has 0 heterocycles. The molecule has 0 atom stereocenters. The summed E-state index contributed by atoms with van der Waals surface area (Å²) in [5.41, 5.74) is 5.94. The van der Waals surface area contributed by atoms with E-state index in [9.17, 15) is 0 Å². The van der Waals surface area contributed by atoms with E-state index in [4.69, 9.17) is 0 Å². The third-order valence-corrected chi connectivity index (χ3v) is 5.26. The van der Waals surface area contributed by atoms with Crippen molar-refractivity contribution in [2.75, 3.05) is 0 Å². The van der Waals surface area contributed by atoms with Crippen LogP contribution < -0.4 is 0 Å². The summed E-state index contributed by atoms with van der Waals surface area (Å²) in [5.74, 6) is 0. The van der Waals surface area contributed by atoms with Gasteiger partial charge in [0.05, 0.1) is 0 Å². The van der Waals surface area contributed by atoms with E-state index in [-0.39, 0.29) is 10.8 Å². The molecule has 0 radical (unpaired) electrons. The van der Waals surface area contributed by atoms with Gasteiger partial charge in [-0.25, -0.2) is 0 Å². The van der Waals surface area contributed by atoms with Gasteiger partial charge in [0.25, 0.3) is 0 Å². The minimum atomic E-state index is 0.0974. The highest BCUT2D eigenvalue weighted by Crippen LogP contribution is 2.68. The number of rotatable bonds is 0. The average molecular weight is 232 g/mol. The van der Waals surface area contributed by atoms with Crippen LogP contribution in [0.4, 0.5) is 0 Å². The molecule has 0 N–H and O–H groups in total. The Kier molecular flexibility index (Phi) is 1.66. The third kappa shape index (κ3) is 0.871. The maximum absolute atomic E-state index is 2.39. The van der Waals surface area contributed by atoms with Crippen molar-refractivity contribution in [1.29, 1.82) is 0 Å². The van der Waals surface area contributed by atoms with Crippen LogP contribution in [-0.4, -0.2) is 0 Å². The third-order valence-electron chi connectivity index (χ3n) is 5.26. The van der Waals surface area contributed by atoms with Crippen LogP contribution in [0.3, 0.4) is 0 Å². The molecule has 0 saturated carbocycles. The van der Waals surface area contributed by atoms with E-state index in [0.29, 0.717) is 0 Å². The van der Waals surface area contributed by atoms with E-state index < -0.39 is 0 Å². The fourth-order valence-corrected chi connectivity index (χ4v) is 3.90. The highest BCUT2D eigenvalue weighted by Gasteiger charge is 2.58. The molecule has 18 heavy (non-hydrogen) atoms. The van der Waals surface area contributed by atoms with Crippen molar-refractivity contribution in [3.8, 4) is 0 Å². The molecule has 0 amide bonds. The molecule has 0 fully saturated rings. The number of hydrogen-bond donors (Lipinski definition) is 0. The lowest BCUT2D eigenvalue weighted by molar-refractivity contribution is 0.303. The maximum Gasteiger partial charge on any atom is 0.0309 e. The van der Waals surface area contributed by atoms with E-state index in [1.165, 1.54) is 22.3 Å². The lowest BCUT2D eigenvalue weighted by atomic mass is 9.61. The first-order valence-corrected chi connectivity index (χ1v) is 6.56. The molecule has 0 nitrogen and oxygen atoms in total. The van der Waals surface area contributed by atoms with Crippen LogP contribution in [-0.2, 0) is 0 Å². The highest BCUT2D eigenvalue weighted by atomic mass is 14.6. The smallest absolute Gasteiger partial charge is 0.0309 e. The highest BCUT2D eigenvalue weighted by molar-refractivity contribution is 5.69. The first-order valence-electron chi connectivity index (χ1n) is 6.56. The molecule has 0 spiro atoms. The Hall–Kier alpha value is -1.82. The van der Waals surface area contributed by atoms with E-state index in [1.54, 1.807) is 0 Å². The Labute approximate surface area is 108 Å². The lowest BCUT2D eigenvalue weighted by Crippen LogP contribution is -2.33. The van der Waals surface area contributed by atoms with Crippen molar-refractivity contribution in [3.05, 3.63) is 83.1 Å². The van der Waals surface area contributed by atoms with Gasteiger partial charge in [0.2, 0.25) is 0 Å². The van der Waals surface area contributed by atoms with Crippen LogP contribution in [0.25, 0.3) is 0 Å². The molecule has 0 unspecified atom stereocenters. The summed E-state index contributed by atoms with van der Waals surface area (Å²) in [5, 5.41) is 0. The largest absolute Gasteiger partial charge is 0.0620 e. The van der Waals surface area contributed by atoms with Crippen molar-refractivity contribution in [3.63, 3.8) is 0 Å². The van der Waals surface area contributed by atoms with Gasteiger partial charge in [0.1, 0.15) is 0 Å². The second-order valence-corrected chi connectivity index (χ2v) is 5.80. The second kappa shape index (κ2) is 2.95. The molecule has 0 aromatic heterocycles. The van der Waals surface area contributed by atoms with Gasteiger partial charge in [0, 0.05) is 10.8 Å². The molecule has 0 bridgehead atoms. The zero-order chi connectivity index (χ0) is 12.4. The van der Waals surface area contributed by atoms with Crippen molar-refractivity contribution in [2.24, 2.45) is 10.8 Å². The zero-order valence-corrected chi connectivity index (χ0v) is 10.8. The van der Waals surface area contributed by atoms with Gasteiger partial charge in [0.15, 0.2) is 0 Å². The van der Waals surface area contributed by atoms with E-state index in [0.717, 1.165) is 0 Å². The SMILES string of the molecule is CC12C3=CC=CC=C1C=C1C=CC=CC(=C3)C12C. The van der Waals surface area contributed by atoms with Crippen molar-refractivity contribution < 1.29 is 0 Å². The molecule has 0 aromatic rings. The number of hydrogen-bond acceptors (Lipinski definition) is 0. The summed E-state index contributed by atoms with van der Waals surface area (Å²) >= 11 is 0. The monoisotopic (exact) mass is 232 g/mol. The molecule has 0 aromatic carbocycles. The minimum absolute atomic E-state index is 0.0974. The summed E-state index contributed by atoms with van der Waals surface area (Å²) in [6.07, 6.45) is 22.5. The van der Waals surface area contributed by atoms with Crippen LogP contribution >= 0.6 is 0 Å². The quantitative estimate of drug-likeness (QED) is 0.579. The van der Waals surface area contributed by atoms with Crippen LogP contribution in [0.15, 0.2) is 83.1 Å². The van der Waals surface area contributed by atoms with Crippen molar-refractivity contribution in [2.45, 2.75) is 13.8 Å². The summed E-state index contributed by atoms with van der Waals surface area (Å²) < 4.78 is 0. The molecular weight excluding hydrogens is 216 g/mol. The van der Waals surface area contributed by atoms with Gasteiger partial charge >= 0.3 is 0 Å². The summed E-state index contributed by atoms with van der Waals surface area (Å²) in [6.45, 7) is 4.77. The maximum atomic E-state index is 2.39. The van der Waals surface area contributed by atoms with Gasteiger partial charge in [-0.15, -0.1) is 0 Å². The second-order valence-electron chi connectivity index (χ2n) is 5.80. The summed E-state index contributed by atoms with van der Waals surface area (Å²) in [7, 11) is 0. The van der Waals surface area contributed by atoms with Gasteiger partial charge in [-0.1, -0.05) is 74.6 Å². The molecule has 0 heteroatoms. The normalized spacial score (nSPS) is 38.6. The topological polar surface area (TPSA) is 0 Å². The van der Waals surface area contributed by atoms with Crippen LogP contribution in [0.1, 0.15) is 13.8 Å². The first kappa shape index (κ1) is 10.1. The fourth-order valence-electron chi connectivity index (χ4n) is 3.90. The van der Waals surface area contributed by atoms with Crippen LogP contribution in [0, 0.1) is 10.8 Å². The van der Waals surface area contributed by atoms with Crippen LogP contribution in [0.5, 0.6) is 0 Å². The fraction of sp³-hybridized carbons (Fsp3) is 0.222. The average Bonchev–Trinajstić information content (AvgIpc) is 2.59. The molecule has 4 rings (SSSR count). The molecule has 4 aliphatic rings. The van der Waals surface area contributed by atoms with Crippen molar-refractivity contribution >= 4 is 0 Å². The molecule has 4 aliphatic carbocycles. The predicted molar refractivity (Wildman–Crippen MR) is 76.0 cm³/mol. The Morgan fingerprint density at radius 2 is 1.06 bits per heavy atom. The Bertz CT molecular complexity index is 604. The Morgan fingerprint density at radius 3 is 1.56 bits per heavy atom. The summed E-state index contributed by atoms with van der Waals surface area (Å²) in [4.78, 5) is 0. The first-order chi connectivity index (χ1) is 8.67. The van der Waals surface area contributed by atoms with Crippen LogP contribution in [0.2, 0.25) is 0 Å². The lowest BCUT2D eigenvalue weighted by Gasteiger charge is -2.40. The van der Waals surface area contributed by atoms with Gasteiger partial charge in [-0.05, 0) is 22.3 Å². The van der Waals surface area contributed by atoms with Gasteiger partial charge in [-0.2, -0.15) is 0 Å². The zero-order valence-electron chi connectivity index (χ0n) is 10.8. The molecule has 88 valence electrons. The number of allylic oxidation sites excluding steroid dienone is 14. The Morgan fingerprint density at radius 1 is 0.611 bits per heavy atom. The van der Waals surface area contributed by atoms with Crippen molar-refractivity contribution in [1.82, 2.24) is 0 Å². The molecular formula is C18H16.